The van der Waals surface area contributed by atoms with E-state index in [4.69, 9.17) is 16.9 Å². The molecule has 0 aliphatic rings. The fourth-order valence-electron chi connectivity index (χ4n) is 0.610. The van der Waals surface area contributed by atoms with Gasteiger partial charge in [-0.2, -0.15) is 5.26 Å². The largest absolute Gasteiger partial charge is 0.183 e. The second-order valence-electron chi connectivity index (χ2n) is 1.89. The maximum absolute atomic E-state index is 8.13. The first-order chi connectivity index (χ1) is 5.83. The number of thioether (sulfide) groups is 1. The van der Waals surface area contributed by atoms with Gasteiger partial charge in [-0.15, -0.1) is 0 Å². The van der Waals surface area contributed by atoms with E-state index in [2.05, 4.69) is 11.2 Å². The minimum atomic E-state index is 0.701. The third kappa shape index (κ3) is 2.88. The molecule has 58 valence electrons. The zero-order chi connectivity index (χ0) is 8.81. The molecular weight excluding hydrogens is 190 g/mol. The average Bonchev–Trinajstić information content (AvgIpc) is 2.09. The van der Waals surface area contributed by atoms with Gasteiger partial charge >= 0.3 is 0 Å². The molecule has 0 atom stereocenters. The Bertz CT molecular complexity index is 353. The zero-order valence-electron chi connectivity index (χ0n) is 6.04. The van der Waals surface area contributed by atoms with Crippen LogP contribution in [-0.4, -0.2) is 0 Å². The first-order valence-corrected chi connectivity index (χ1v) is 4.34. The number of benzene rings is 1. The molecule has 0 radical (unpaired) electrons. The summed E-state index contributed by atoms with van der Waals surface area (Å²) in [4.78, 5) is 0.988. The van der Waals surface area contributed by atoms with Crippen LogP contribution in [0.15, 0.2) is 29.2 Å². The van der Waals surface area contributed by atoms with E-state index >= 15 is 0 Å². The minimum Gasteiger partial charge on any atom is -0.183 e. The monoisotopic (exact) mass is 193 g/mol. The van der Waals surface area contributed by atoms with Gasteiger partial charge in [0.2, 0.25) is 0 Å². The second kappa shape index (κ2) is 4.72. The molecule has 3 heteroatoms. The van der Waals surface area contributed by atoms with Crippen LogP contribution in [0.4, 0.5) is 0 Å². The summed E-state index contributed by atoms with van der Waals surface area (Å²) in [5.41, 5.74) is 0. The molecule has 0 bridgehead atoms. The molecule has 0 amide bonds. The summed E-state index contributed by atoms with van der Waals surface area (Å²) in [6.45, 7) is 0. The van der Waals surface area contributed by atoms with Crippen molar-refractivity contribution in [1.29, 1.82) is 5.26 Å². The molecule has 1 nitrogen and oxygen atoms in total. The highest BCUT2D eigenvalue weighted by Crippen LogP contribution is 2.18. The van der Waals surface area contributed by atoms with Crippen molar-refractivity contribution < 1.29 is 0 Å². The van der Waals surface area contributed by atoms with Gasteiger partial charge in [0, 0.05) is 15.8 Å². The Hall–Kier alpha value is -1.09. The van der Waals surface area contributed by atoms with Gasteiger partial charge in [-0.25, -0.2) is 0 Å². The van der Waals surface area contributed by atoms with Crippen LogP contribution in [0.3, 0.4) is 0 Å². The van der Waals surface area contributed by atoms with Crippen molar-refractivity contribution in [2.45, 2.75) is 4.90 Å². The van der Waals surface area contributed by atoms with Gasteiger partial charge in [0.1, 0.15) is 0 Å². The average molecular weight is 194 g/mol. The summed E-state index contributed by atoms with van der Waals surface area (Å²) in [5, 5.41) is 11.5. The van der Waals surface area contributed by atoms with E-state index in [1.807, 2.05) is 12.1 Å². The van der Waals surface area contributed by atoms with Crippen LogP contribution in [-0.2, 0) is 0 Å². The van der Waals surface area contributed by atoms with E-state index in [1.165, 1.54) is 11.8 Å². The fraction of sp³-hybridized carbons (Fsp3) is 0. The van der Waals surface area contributed by atoms with Crippen LogP contribution in [0.2, 0.25) is 5.02 Å². The van der Waals surface area contributed by atoms with E-state index in [0.29, 0.717) is 5.02 Å². The molecule has 0 aliphatic heterocycles. The number of halogens is 1. The quantitative estimate of drug-likeness (QED) is 0.506. The smallest absolute Gasteiger partial charge is 0.153 e. The van der Waals surface area contributed by atoms with Crippen LogP contribution in [0.1, 0.15) is 0 Å². The van der Waals surface area contributed by atoms with Gasteiger partial charge in [-0.05, 0) is 41.3 Å². The van der Waals surface area contributed by atoms with Crippen LogP contribution >= 0.6 is 23.4 Å². The van der Waals surface area contributed by atoms with Crippen molar-refractivity contribution in [3.8, 4) is 17.2 Å². The Balaban J connectivity index is 2.66. The third-order valence-corrected chi connectivity index (χ3v) is 2.05. The van der Waals surface area contributed by atoms with E-state index in [1.54, 1.807) is 18.2 Å². The second-order valence-corrected chi connectivity index (χ2v) is 3.21. The third-order valence-electron chi connectivity index (χ3n) is 1.09. The van der Waals surface area contributed by atoms with Crippen molar-refractivity contribution in [2.24, 2.45) is 0 Å². The predicted molar refractivity (Wildman–Crippen MR) is 50.7 cm³/mol. The molecule has 0 saturated heterocycles. The van der Waals surface area contributed by atoms with Gasteiger partial charge in [0.25, 0.3) is 0 Å². The van der Waals surface area contributed by atoms with Crippen molar-refractivity contribution in [3.63, 3.8) is 0 Å². The van der Waals surface area contributed by atoms with Crippen LogP contribution in [0.5, 0.6) is 0 Å². The fourth-order valence-corrected chi connectivity index (χ4v) is 1.22. The normalized spacial score (nSPS) is 8.00. The SMILES string of the molecule is N#CC#CSc1ccc(Cl)cc1. The Morgan fingerprint density at radius 2 is 1.92 bits per heavy atom. The van der Waals surface area contributed by atoms with Gasteiger partial charge in [0.05, 0.1) is 0 Å². The Labute approximate surface area is 80.3 Å². The lowest BCUT2D eigenvalue weighted by Crippen LogP contribution is -1.66. The minimum absolute atomic E-state index is 0.701. The number of nitriles is 1. The molecule has 12 heavy (non-hydrogen) atoms. The van der Waals surface area contributed by atoms with Crippen molar-refractivity contribution in [3.05, 3.63) is 29.3 Å². The molecule has 0 saturated carbocycles. The lowest BCUT2D eigenvalue weighted by Gasteiger charge is -1.92. The van der Waals surface area contributed by atoms with E-state index in [0.717, 1.165) is 4.90 Å². The van der Waals surface area contributed by atoms with Crippen LogP contribution in [0.25, 0.3) is 0 Å². The zero-order valence-corrected chi connectivity index (χ0v) is 7.62. The molecular formula is C9H4ClNS. The first kappa shape index (κ1) is 9.00. The van der Waals surface area contributed by atoms with Crippen LogP contribution < -0.4 is 0 Å². The van der Waals surface area contributed by atoms with Crippen molar-refractivity contribution in [2.75, 3.05) is 0 Å². The molecule has 1 rings (SSSR count). The molecule has 0 unspecified atom stereocenters. The summed E-state index contributed by atoms with van der Waals surface area (Å²) < 4.78 is 0. The standard InChI is InChI=1S/C9H4ClNS/c10-8-2-4-9(5-3-8)12-7-1-6-11/h2-5H. The Morgan fingerprint density at radius 1 is 1.25 bits per heavy atom. The van der Waals surface area contributed by atoms with Crippen molar-refractivity contribution >= 4 is 23.4 Å². The maximum Gasteiger partial charge on any atom is 0.153 e. The van der Waals surface area contributed by atoms with Crippen LogP contribution in [0, 0.1) is 22.5 Å². The molecule has 1 aromatic carbocycles. The van der Waals surface area contributed by atoms with E-state index in [9.17, 15) is 0 Å². The topological polar surface area (TPSA) is 23.8 Å². The Kier molecular flexibility index (Phi) is 3.54. The number of hydrogen-bond acceptors (Lipinski definition) is 2. The molecule has 0 heterocycles. The molecule has 0 spiro atoms. The summed E-state index contributed by atoms with van der Waals surface area (Å²) >= 11 is 6.99. The molecule has 0 aliphatic carbocycles. The lowest BCUT2D eigenvalue weighted by atomic mass is 10.4. The lowest BCUT2D eigenvalue weighted by molar-refractivity contribution is 1.47. The summed E-state index contributed by atoms with van der Waals surface area (Å²) in [7, 11) is 0. The van der Waals surface area contributed by atoms with Crippen molar-refractivity contribution in [1.82, 2.24) is 0 Å². The van der Waals surface area contributed by atoms with Gasteiger partial charge in [0.15, 0.2) is 6.07 Å². The molecule has 1 aromatic rings. The molecule has 0 aromatic heterocycles. The number of rotatable bonds is 1. The van der Waals surface area contributed by atoms with Gasteiger partial charge < -0.3 is 0 Å². The van der Waals surface area contributed by atoms with E-state index < -0.39 is 0 Å². The highest BCUT2D eigenvalue weighted by atomic mass is 35.5. The van der Waals surface area contributed by atoms with Gasteiger partial charge in [-0.1, -0.05) is 11.6 Å². The summed E-state index contributed by atoms with van der Waals surface area (Å²) in [5.74, 6) is 2.30. The first-order valence-electron chi connectivity index (χ1n) is 3.14. The molecule has 0 N–H and O–H groups in total. The van der Waals surface area contributed by atoms with E-state index in [-0.39, 0.29) is 0 Å². The van der Waals surface area contributed by atoms with Gasteiger partial charge in [-0.3, -0.25) is 0 Å². The highest BCUT2D eigenvalue weighted by molar-refractivity contribution is 8.03. The summed E-state index contributed by atoms with van der Waals surface area (Å²) in [6, 6.07) is 9.04. The Morgan fingerprint density at radius 3 is 2.50 bits per heavy atom. The highest BCUT2D eigenvalue weighted by Gasteiger charge is 1.89. The number of nitrogens with zero attached hydrogens (tertiary/aromatic N) is 1. The summed E-state index contributed by atoms with van der Waals surface area (Å²) in [6.07, 6.45) is 0. The predicted octanol–water partition coefficient (Wildman–Crippen LogP) is 2.92. The molecule has 0 fully saturated rings. The number of hydrogen-bond donors (Lipinski definition) is 0. The maximum atomic E-state index is 8.13.